The van der Waals surface area contributed by atoms with Crippen molar-refractivity contribution < 1.29 is 0 Å². The van der Waals surface area contributed by atoms with Gasteiger partial charge in [0, 0.05) is 12.5 Å². The van der Waals surface area contributed by atoms with E-state index in [0.717, 1.165) is 28.3 Å². The number of nitrogens with two attached hydrogens (primary N) is 1. The summed E-state index contributed by atoms with van der Waals surface area (Å²) in [5.41, 5.74) is 8.99. The van der Waals surface area contributed by atoms with Crippen molar-refractivity contribution >= 4 is 11.0 Å². The molecule has 1 heterocycles. The molecule has 0 spiro atoms. The molecule has 3 heteroatoms. The van der Waals surface area contributed by atoms with Crippen molar-refractivity contribution in [3.63, 3.8) is 0 Å². The zero-order valence-electron chi connectivity index (χ0n) is 8.83. The van der Waals surface area contributed by atoms with Crippen molar-refractivity contribution in [2.24, 2.45) is 11.7 Å². The number of nitrogens with one attached hydrogen (secondary N) is 1. The summed E-state index contributed by atoms with van der Waals surface area (Å²) in [5, 5.41) is 0. The fourth-order valence-corrected chi connectivity index (χ4v) is 2.15. The third kappa shape index (κ3) is 1.35. The summed E-state index contributed by atoms with van der Waals surface area (Å²) in [6.07, 6.45) is 1.26. The van der Waals surface area contributed by atoms with Crippen LogP contribution in [0.4, 0.5) is 0 Å². The summed E-state index contributed by atoms with van der Waals surface area (Å²) in [7, 11) is 0. The Kier molecular flexibility index (Phi) is 1.83. The number of hydrogen-bond donors (Lipinski definition) is 2. The van der Waals surface area contributed by atoms with Gasteiger partial charge in [0.25, 0.3) is 0 Å². The first-order valence-corrected chi connectivity index (χ1v) is 5.47. The van der Waals surface area contributed by atoms with Crippen LogP contribution in [0.3, 0.4) is 0 Å². The molecule has 0 bridgehead atoms. The van der Waals surface area contributed by atoms with E-state index in [9.17, 15) is 0 Å². The van der Waals surface area contributed by atoms with Gasteiger partial charge in [0.05, 0.1) is 11.0 Å². The van der Waals surface area contributed by atoms with Crippen LogP contribution in [0, 0.1) is 5.92 Å². The average Bonchev–Trinajstić information content (AvgIpc) is 2.82. The van der Waals surface area contributed by atoms with Crippen molar-refractivity contribution in [1.29, 1.82) is 0 Å². The standard InChI is InChI=1S/C12H15N3/c1-7-5-9(7)12-14-10-4-2-3-8(6-13)11(10)15-12/h2-4,7,9H,5-6,13H2,1H3,(H,14,15). The number of rotatable bonds is 2. The molecular weight excluding hydrogens is 186 g/mol. The van der Waals surface area contributed by atoms with Crippen LogP contribution in [0.1, 0.15) is 30.7 Å². The van der Waals surface area contributed by atoms with Crippen molar-refractivity contribution in [3.8, 4) is 0 Å². The van der Waals surface area contributed by atoms with Crippen LogP contribution < -0.4 is 5.73 Å². The molecule has 15 heavy (non-hydrogen) atoms. The summed E-state index contributed by atoms with van der Waals surface area (Å²) in [6, 6.07) is 6.14. The lowest BCUT2D eigenvalue weighted by Crippen LogP contribution is -1.96. The van der Waals surface area contributed by atoms with E-state index in [2.05, 4.69) is 23.0 Å². The van der Waals surface area contributed by atoms with E-state index in [0.29, 0.717) is 12.5 Å². The number of benzene rings is 1. The summed E-state index contributed by atoms with van der Waals surface area (Å²) < 4.78 is 0. The lowest BCUT2D eigenvalue weighted by atomic mass is 10.2. The number of H-pyrrole nitrogens is 1. The van der Waals surface area contributed by atoms with Crippen molar-refractivity contribution in [1.82, 2.24) is 9.97 Å². The highest BCUT2D eigenvalue weighted by atomic mass is 14.9. The van der Waals surface area contributed by atoms with Gasteiger partial charge in [-0.05, 0) is 24.0 Å². The highest BCUT2D eigenvalue weighted by Gasteiger charge is 2.36. The first-order chi connectivity index (χ1) is 7.29. The molecule has 0 amide bonds. The van der Waals surface area contributed by atoms with Gasteiger partial charge in [-0.15, -0.1) is 0 Å². The smallest absolute Gasteiger partial charge is 0.110 e. The van der Waals surface area contributed by atoms with Gasteiger partial charge in [-0.1, -0.05) is 19.1 Å². The molecule has 0 aliphatic heterocycles. The number of nitrogens with zero attached hydrogens (tertiary/aromatic N) is 1. The molecule has 1 saturated carbocycles. The third-order valence-electron chi connectivity index (χ3n) is 3.30. The number of aromatic nitrogens is 2. The van der Waals surface area contributed by atoms with Crippen LogP contribution in [-0.2, 0) is 6.54 Å². The fourth-order valence-electron chi connectivity index (χ4n) is 2.15. The number of para-hydroxylation sites is 1. The summed E-state index contributed by atoms with van der Waals surface area (Å²) >= 11 is 0. The van der Waals surface area contributed by atoms with E-state index in [4.69, 9.17) is 5.73 Å². The fraction of sp³-hybridized carbons (Fsp3) is 0.417. The second-order valence-electron chi connectivity index (χ2n) is 4.46. The van der Waals surface area contributed by atoms with Gasteiger partial charge >= 0.3 is 0 Å². The number of imidazole rings is 1. The van der Waals surface area contributed by atoms with Crippen LogP contribution in [-0.4, -0.2) is 9.97 Å². The second kappa shape index (κ2) is 3.07. The van der Waals surface area contributed by atoms with Gasteiger partial charge in [0.2, 0.25) is 0 Å². The van der Waals surface area contributed by atoms with E-state index >= 15 is 0 Å². The Balaban J connectivity index is 2.13. The first kappa shape index (κ1) is 8.92. The second-order valence-corrected chi connectivity index (χ2v) is 4.46. The lowest BCUT2D eigenvalue weighted by molar-refractivity contribution is 0.867. The molecule has 1 aliphatic rings. The third-order valence-corrected chi connectivity index (χ3v) is 3.30. The lowest BCUT2D eigenvalue weighted by Gasteiger charge is -1.95. The zero-order valence-corrected chi connectivity index (χ0v) is 8.83. The molecule has 3 rings (SSSR count). The maximum atomic E-state index is 5.69. The first-order valence-electron chi connectivity index (χ1n) is 5.47. The Morgan fingerprint density at radius 3 is 3.00 bits per heavy atom. The van der Waals surface area contributed by atoms with E-state index < -0.39 is 0 Å². The van der Waals surface area contributed by atoms with Gasteiger partial charge in [0.1, 0.15) is 5.82 Å². The molecule has 1 aromatic carbocycles. The largest absolute Gasteiger partial charge is 0.342 e. The average molecular weight is 201 g/mol. The monoisotopic (exact) mass is 201 g/mol. The molecule has 0 saturated heterocycles. The van der Waals surface area contributed by atoms with Crippen LogP contribution in [0.5, 0.6) is 0 Å². The molecule has 3 nitrogen and oxygen atoms in total. The van der Waals surface area contributed by atoms with E-state index in [1.54, 1.807) is 0 Å². The minimum Gasteiger partial charge on any atom is -0.342 e. The molecule has 78 valence electrons. The van der Waals surface area contributed by atoms with Crippen molar-refractivity contribution in [2.75, 3.05) is 0 Å². The number of hydrogen-bond acceptors (Lipinski definition) is 2. The minimum absolute atomic E-state index is 0.557. The van der Waals surface area contributed by atoms with Crippen LogP contribution in [0.25, 0.3) is 11.0 Å². The minimum atomic E-state index is 0.557. The Morgan fingerprint density at radius 1 is 1.53 bits per heavy atom. The Hall–Kier alpha value is -1.35. The Labute approximate surface area is 88.7 Å². The van der Waals surface area contributed by atoms with E-state index in [1.807, 2.05) is 12.1 Å². The van der Waals surface area contributed by atoms with Gasteiger partial charge in [-0.3, -0.25) is 0 Å². The van der Waals surface area contributed by atoms with E-state index in [-0.39, 0.29) is 0 Å². The maximum Gasteiger partial charge on any atom is 0.110 e. The molecule has 2 aromatic rings. The van der Waals surface area contributed by atoms with Gasteiger partial charge in [-0.2, -0.15) is 0 Å². The van der Waals surface area contributed by atoms with Crippen molar-refractivity contribution in [3.05, 3.63) is 29.6 Å². The highest BCUT2D eigenvalue weighted by Crippen LogP contribution is 2.46. The molecule has 1 fully saturated rings. The summed E-state index contributed by atoms with van der Waals surface area (Å²) in [4.78, 5) is 8.06. The Morgan fingerprint density at radius 2 is 2.33 bits per heavy atom. The number of fused-ring (bicyclic) bond motifs is 1. The number of aromatic amines is 1. The molecule has 2 atom stereocenters. The van der Waals surface area contributed by atoms with Gasteiger partial charge in [0.15, 0.2) is 0 Å². The normalized spacial score (nSPS) is 24.7. The maximum absolute atomic E-state index is 5.69. The predicted octanol–water partition coefficient (Wildman–Crippen LogP) is 2.15. The molecular formula is C12H15N3. The summed E-state index contributed by atoms with van der Waals surface area (Å²) in [5.74, 6) is 2.56. The highest BCUT2D eigenvalue weighted by molar-refractivity contribution is 5.79. The van der Waals surface area contributed by atoms with E-state index in [1.165, 1.54) is 6.42 Å². The van der Waals surface area contributed by atoms with Crippen LogP contribution in [0.2, 0.25) is 0 Å². The van der Waals surface area contributed by atoms with Gasteiger partial charge < -0.3 is 10.7 Å². The predicted molar refractivity (Wildman–Crippen MR) is 60.5 cm³/mol. The van der Waals surface area contributed by atoms with Crippen LogP contribution in [0.15, 0.2) is 18.2 Å². The quantitative estimate of drug-likeness (QED) is 0.782. The SMILES string of the molecule is CC1CC1c1nc2c(CN)cccc2[nH]1. The molecule has 3 N–H and O–H groups in total. The Bertz CT molecular complexity index is 501. The van der Waals surface area contributed by atoms with Crippen molar-refractivity contribution in [2.45, 2.75) is 25.8 Å². The molecule has 0 radical (unpaired) electrons. The topological polar surface area (TPSA) is 54.7 Å². The molecule has 2 unspecified atom stereocenters. The summed E-state index contributed by atoms with van der Waals surface area (Å²) in [6.45, 7) is 2.82. The molecule has 1 aliphatic carbocycles. The van der Waals surface area contributed by atoms with Crippen LogP contribution >= 0.6 is 0 Å². The zero-order chi connectivity index (χ0) is 10.4. The molecule has 1 aromatic heterocycles. The van der Waals surface area contributed by atoms with Gasteiger partial charge in [-0.25, -0.2) is 4.98 Å².